The Hall–Kier alpha value is -0.590. The summed E-state index contributed by atoms with van der Waals surface area (Å²) < 4.78 is 38.4. The molecule has 2 nitrogen and oxygen atoms in total. The maximum Gasteiger partial charge on any atom is 0.176 e. The highest BCUT2D eigenvalue weighted by molar-refractivity contribution is 9.10. The topological polar surface area (TPSA) is 46.2 Å². The summed E-state index contributed by atoms with van der Waals surface area (Å²) in [6.07, 6.45) is 0. The quantitative estimate of drug-likeness (QED) is 0.636. The Bertz CT molecular complexity index is 359. The maximum absolute atomic E-state index is 13.1. The minimum absolute atomic E-state index is 0.384. The third-order valence-electron chi connectivity index (χ3n) is 1.73. The number of benzene rings is 1. The number of hydrogen-bond donors (Lipinski definition) is 2. The third-order valence-corrected chi connectivity index (χ3v) is 2.45. The summed E-state index contributed by atoms with van der Waals surface area (Å²) in [6.45, 7) is -0.586. The van der Waals surface area contributed by atoms with Crippen LogP contribution in [0, 0.1) is 17.5 Å². The fourth-order valence-electron chi connectivity index (χ4n) is 0.959. The molecule has 0 radical (unpaired) electrons. The van der Waals surface area contributed by atoms with Crippen LogP contribution >= 0.6 is 15.9 Å². The number of aliphatic hydroxyl groups is 1. The van der Waals surface area contributed by atoms with Crippen LogP contribution < -0.4 is 5.73 Å². The van der Waals surface area contributed by atoms with Gasteiger partial charge in [-0.25, -0.2) is 13.2 Å². The van der Waals surface area contributed by atoms with E-state index in [1.807, 2.05) is 0 Å². The molecule has 1 rings (SSSR count). The summed E-state index contributed by atoms with van der Waals surface area (Å²) in [5.41, 5.74) is 4.86. The Labute approximate surface area is 86.7 Å². The van der Waals surface area contributed by atoms with Crippen LogP contribution in [0.15, 0.2) is 10.5 Å². The number of rotatable bonds is 2. The highest BCUT2D eigenvalue weighted by atomic mass is 79.9. The van der Waals surface area contributed by atoms with Gasteiger partial charge in [-0.1, -0.05) is 0 Å². The molecule has 0 spiro atoms. The van der Waals surface area contributed by atoms with E-state index in [0.717, 1.165) is 6.07 Å². The molecular weight excluding hydrogens is 263 g/mol. The van der Waals surface area contributed by atoms with E-state index in [-0.39, 0.29) is 5.56 Å². The number of halogens is 4. The van der Waals surface area contributed by atoms with Gasteiger partial charge in [0, 0.05) is 5.56 Å². The zero-order valence-electron chi connectivity index (χ0n) is 6.90. The molecule has 14 heavy (non-hydrogen) atoms. The average Bonchev–Trinajstić information content (AvgIpc) is 2.19. The van der Waals surface area contributed by atoms with E-state index in [0.29, 0.717) is 0 Å². The van der Waals surface area contributed by atoms with Crippen molar-refractivity contribution in [1.29, 1.82) is 0 Å². The summed E-state index contributed by atoms with van der Waals surface area (Å²) in [7, 11) is 0. The van der Waals surface area contributed by atoms with Gasteiger partial charge in [0.1, 0.15) is 5.82 Å². The van der Waals surface area contributed by atoms with Crippen molar-refractivity contribution in [1.82, 2.24) is 0 Å². The average molecular weight is 270 g/mol. The monoisotopic (exact) mass is 269 g/mol. The van der Waals surface area contributed by atoms with E-state index in [9.17, 15) is 13.2 Å². The number of aliphatic hydroxyl groups excluding tert-OH is 1. The van der Waals surface area contributed by atoms with Gasteiger partial charge in [0.25, 0.3) is 0 Å². The lowest BCUT2D eigenvalue weighted by molar-refractivity contribution is 0.264. The van der Waals surface area contributed by atoms with E-state index >= 15 is 0 Å². The van der Waals surface area contributed by atoms with Crippen molar-refractivity contribution in [3.05, 3.63) is 33.6 Å². The second-order valence-electron chi connectivity index (χ2n) is 2.68. The first-order chi connectivity index (χ1) is 6.49. The Morgan fingerprint density at radius 3 is 2.43 bits per heavy atom. The van der Waals surface area contributed by atoms with Gasteiger partial charge >= 0.3 is 0 Å². The third kappa shape index (κ3) is 1.92. The van der Waals surface area contributed by atoms with Crippen molar-refractivity contribution < 1.29 is 18.3 Å². The van der Waals surface area contributed by atoms with Crippen LogP contribution in [0.4, 0.5) is 13.2 Å². The first-order valence-electron chi connectivity index (χ1n) is 3.68. The molecule has 78 valence electrons. The lowest BCUT2D eigenvalue weighted by Crippen LogP contribution is -2.17. The summed E-state index contributed by atoms with van der Waals surface area (Å²) in [5, 5.41) is 8.62. The van der Waals surface area contributed by atoms with Crippen LogP contribution in [0.1, 0.15) is 11.6 Å². The summed E-state index contributed by atoms with van der Waals surface area (Å²) in [5.74, 6) is -3.55. The van der Waals surface area contributed by atoms with E-state index in [1.165, 1.54) is 0 Å². The van der Waals surface area contributed by atoms with Crippen molar-refractivity contribution in [2.24, 2.45) is 5.73 Å². The lowest BCUT2D eigenvalue weighted by Gasteiger charge is -2.11. The minimum atomic E-state index is -1.34. The minimum Gasteiger partial charge on any atom is -0.394 e. The van der Waals surface area contributed by atoms with Crippen LogP contribution in [0.3, 0.4) is 0 Å². The fourth-order valence-corrected chi connectivity index (χ4v) is 1.25. The van der Waals surface area contributed by atoms with Crippen LogP contribution in [0.25, 0.3) is 0 Å². The molecule has 3 N–H and O–H groups in total. The van der Waals surface area contributed by atoms with Crippen LogP contribution in [-0.2, 0) is 0 Å². The van der Waals surface area contributed by atoms with Crippen molar-refractivity contribution in [2.45, 2.75) is 6.04 Å². The molecule has 1 aromatic rings. The van der Waals surface area contributed by atoms with Gasteiger partial charge in [-0.3, -0.25) is 0 Å². The zero-order valence-corrected chi connectivity index (χ0v) is 8.48. The molecule has 0 aliphatic heterocycles. The molecule has 0 heterocycles. The smallest absolute Gasteiger partial charge is 0.176 e. The van der Waals surface area contributed by atoms with Gasteiger partial charge in [0.15, 0.2) is 11.6 Å². The molecule has 0 amide bonds. The highest BCUT2D eigenvalue weighted by Crippen LogP contribution is 2.27. The van der Waals surface area contributed by atoms with Gasteiger partial charge in [-0.2, -0.15) is 0 Å². The SMILES string of the molecule is NC(CO)c1cc(F)c(Br)c(F)c1F. The first-order valence-corrected chi connectivity index (χ1v) is 4.47. The molecule has 0 aliphatic carbocycles. The van der Waals surface area contributed by atoms with E-state index in [4.69, 9.17) is 10.8 Å². The molecule has 0 saturated heterocycles. The molecule has 0 aliphatic rings. The van der Waals surface area contributed by atoms with E-state index in [2.05, 4.69) is 15.9 Å². The normalized spacial score (nSPS) is 13.0. The summed E-state index contributed by atoms with van der Waals surface area (Å²) in [6, 6.07) is -0.379. The molecule has 6 heteroatoms. The predicted molar refractivity (Wildman–Crippen MR) is 48.0 cm³/mol. The van der Waals surface area contributed by atoms with Crippen molar-refractivity contribution >= 4 is 15.9 Å². The van der Waals surface area contributed by atoms with Gasteiger partial charge in [-0.15, -0.1) is 0 Å². The van der Waals surface area contributed by atoms with Gasteiger partial charge in [-0.05, 0) is 22.0 Å². The predicted octanol–water partition coefficient (Wildman–Crippen LogP) is 1.86. The summed E-state index contributed by atoms with van der Waals surface area (Å²) in [4.78, 5) is 0. The standard InChI is InChI=1S/C8H7BrF3NO/c9-6-4(10)1-3(5(13)2-14)7(11)8(6)12/h1,5,14H,2,13H2. The first kappa shape index (κ1) is 11.5. The zero-order chi connectivity index (χ0) is 10.9. The molecule has 1 aromatic carbocycles. The number of nitrogens with two attached hydrogens (primary N) is 1. The van der Waals surface area contributed by atoms with Gasteiger partial charge < -0.3 is 10.8 Å². The molecule has 0 aromatic heterocycles. The molecule has 0 saturated carbocycles. The van der Waals surface area contributed by atoms with Crippen LogP contribution in [0.5, 0.6) is 0 Å². The lowest BCUT2D eigenvalue weighted by atomic mass is 10.1. The second-order valence-corrected chi connectivity index (χ2v) is 3.47. The van der Waals surface area contributed by atoms with Crippen LogP contribution in [0.2, 0.25) is 0 Å². The van der Waals surface area contributed by atoms with Crippen molar-refractivity contribution in [2.75, 3.05) is 6.61 Å². The molecule has 1 atom stereocenters. The highest BCUT2D eigenvalue weighted by Gasteiger charge is 2.20. The van der Waals surface area contributed by atoms with Gasteiger partial charge in [0.2, 0.25) is 0 Å². The molecule has 0 bridgehead atoms. The summed E-state index contributed by atoms with van der Waals surface area (Å²) >= 11 is 2.54. The largest absolute Gasteiger partial charge is 0.394 e. The number of hydrogen-bond acceptors (Lipinski definition) is 2. The molecular formula is C8H7BrF3NO. The Morgan fingerprint density at radius 1 is 1.36 bits per heavy atom. The van der Waals surface area contributed by atoms with Crippen LogP contribution in [-0.4, -0.2) is 11.7 Å². The van der Waals surface area contributed by atoms with E-state index < -0.39 is 34.6 Å². The van der Waals surface area contributed by atoms with Gasteiger partial charge in [0.05, 0.1) is 17.1 Å². The second kappa shape index (κ2) is 4.29. The van der Waals surface area contributed by atoms with Crippen molar-refractivity contribution in [3.63, 3.8) is 0 Å². The molecule has 1 unspecified atom stereocenters. The Kier molecular flexibility index (Phi) is 3.52. The Morgan fingerprint density at radius 2 is 1.93 bits per heavy atom. The maximum atomic E-state index is 13.1. The molecule has 0 fully saturated rings. The van der Waals surface area contributed by atoms with E-state index in [1.54, 1.807) is 0 Å². The van der Waals surface area contributed by atoms with Crippen molar-refractivity contribution in [3.8, 4) is 0 Å². The fraction of sp³-hybridized carbons (Fsp3) is 0.250. The Balaban J connectivity index is 3.33.